The zero-order chi connectivity index (χ0) is 45.2. The maximum absolute atomic E-state index is 3.19. The van der Waals surface area contributed by atoms with E-state index in [9.17, 15) is 0 Å². The molecule has 0 nitrogen and oxygen atoms in total. The summed E-state index contributed by atoms with van der Waals surface area (Å²) in [6.07, 6.45) is 0. The monoisotopic (exact) mass is 1050 g/mol. The van der Waals surface area contributed by atoms with Crippen molar-refractivity contribution in [2.24, 2.45) is 0 Å². The molecule has 0 heterocycles. The van der Waals surface area contributed by atoms with Gasteiger partial charge in [0.05, 0.1) is 48.4 Å². The van der Waals surface area contributed by atoms with Crippen LogP contribution in [0, 0.1) is 69.2 Å². The Kier molecular flexibility index (Phi) is 20.0. The molecule has 0 aliphatic carbocycles. The zero-order valence-electron chi connectivity index (χ0n) is 44.9. The smallest absolute Gasteiger partial charge is 1.00 e. The van der Waals surface area contributed by atoms with Crippen molar-refractivity contribution in [3.8, 4) is 0 Å². The number of hydrogen-bond donors (Lipinski definition) is 0. The summed E-state index contributed by atoms with van der Waals surface area (Å²) in [5.41, 5.74) is 15.8. The van der Waals surface area contributed by atoms with Crippen molar-refractivity contribution in [2.45, 2.75) is 187 Å². The minimum atomic E-state index is -3.19. The molecule has 0 aliphatic rings. The average molecular weight is 1050 g/mol. The molecule has 4 aromatic carbocycles. The van der Waals surface area contributed by atoms with Crippen molar-refractivity contribution in [1.82, 2.24) is 0 Å². The summed E-state index contributed by atoms with van der Waals surface area (Å²) < 4.78 is 0. The normalized spacial score (nSPS) is 13.0. The van der Waals surface area contributed by atoms with Crippen LogP contribution in [0.5, 0.6) is 0 Å². The van der Waals surface area contributed by atoms with Crippen LogP contribution in [0.3, 0.4) is 0 Å². The number of aryl methyl sites for hydroxylation is 3. The molecule has 4 aromatic rings. The topological polar surface area (TPSA) is 0 Å². The molecule has 344 valence electrons. The van der Waals surface area contributed by atoms with Crippen LogP contribution in [0.4, 0.5) is 0 Å². The third-order valence-corrected chi connectivity index (χ3v) is 33.2. The van der Waals surface area contributed by atoms with E-state index in [-0.39, 0.29) is 58.9 Å². The molecule has 0 N–H and O–H groups in total. The summed E-state index contributed by atoms with van der Waals surface area (Å²) in [6.45, 7) is 72.9. The predicted octanol–water partition coefficient (Wildman–Crippen LogP) is 0.148. The van der Waals surface area contributed by atoms with Crippen molar-refractivity contribution < 1.29 is 58.9 Å². The molecule has 0 radical (unpaired) electrons. The van der Waals surface area contributed by atoms with Gasteiger partial charge in [0.1, 0.15) is 8.07 Å². The van der Waals surface area contributed by atoms with Gasteiger partial charge in [0, 0.05) is 0 Å². The Morgan fingerprint density at radius 1 is 0.290 bits per heavy atom. The molecule has 4 rings (SSSR count). The first-order valence-electron chi connectivity index (χ1n) is 22.5. The second-order valence-electron chi connectivity index (χ2n) is 25.0. The predicted molar refractivity (Wildman–Crippen MR) is 291 cm³/mol. The van der Waals surface area contributed by atoms with Crippen LogP contribution in [0.25, 0.3) is 0 Å². The molecule has 0 saturated carbocycles. The van der Waals surface area contributed by atoms with Gasteiger partial charge < -0.3 is 37.2 Å². The number of benzene rings is 3. The van der Waals surface area contributed by atoms with Crippen molar-refractivity contribution in [2.75, 3.05) is 0 Å². The molecule has 62 heavy (non-hydrogen) atoms. The second-order valence-corrected chi connectivity index (χ2v) is 58.6. The molecule has 0 saturated heterocycles. The molecular formula is C51H87Cl3Si7Ti. The molecule has 0 amide bonds. The van der Waals surface area contributed by atoms with E-state index >= 15 is 0 Å². The van der Waals surface area contributed by atoms with Crippen molar-refractivity contribution in [3.05, 3.63) is 73.8 Å². The summed E-state index contributed by atoms with van der Waals surface area (Å²) in [6, 6.07) is 8.28. The van der Waals surface area contributed by atoms with E-state index in [1.165, 1.54) is 11.1 Å². The third-order valence-electron chi connectivity index (χ3n) is 14.0. The van der Waals surface area contributed by atoms with Gasteiger partial charge >= 0.3 is 21.7 Å². The van der Waals surface area contributed by atoms with E-state index in [1.54, 1.807) is 96.4 Å². The van der Waals surface area contributed by atoms with Crippen LogP contribution in [-0.2, 0) is 21.7 Å². The molecule has 0 aromatic heterocycles. The van der Waals surface area contributed by atoms with Gasteiger partial charge in [-0.1, -0.05) is 244 Å². The van der Waals surface area contributed by atoms with Gasteiger partial charge in [-0.3, -0.25) is 0 Å². The van der Waals surface area contributed by atoms with Crippen LogP contribution < -0.4 is 89.1 Å². The molecule has 0 bridgehead atoms. The first-order chi connectivity index (χ1) is 25.8. The van der Waals surface area contributed by atoms with Crippen molar-refractivity contribution >= 4 is 108 Å². The van der Waals surface area contributed by atoms with Crippen LogP contribution in [-0.4, -0.2) is 56.5 Å². The molecule has 0 unspecified atom stereocenters. The standard InChI is InChI=1S/C51H87Si7.3ClH.Ti/c1-32-29-42(52(11,12)13)39(8)49(55(20,21)22)45(32)58(48-37(6)35(4)36(5)38(48)7,46-33(2)30-43(53(14,15)16)40(9)50(46)56(23,24)25)47-34(3)31-44(54(17,18)19)41(10)51(47)57(26,27)28;;;;/h29-31H,1-28H3;3*1H;/q-1;;;;+4/p-3. The Balaban J connectivity index is 0.00000930. The minimum Gasteiger partial charge on any atom is -1.00 e. The third kappa shape index (κ3) is 10.7. The van der Waals surface area contributed by atoms with Crippen LogP contribution in [0.1, 0.15) is 55.6 Å². The maximum Gasteiger partial charge on any atom is 4.00 e. The Labute approximate surface area is 424 Å². The van der Waals surface area contributed by atoms with Gasteiger partial charge in [-0.25, -0.2) is 0 Å². The van der Waals surface area contributed by atoms with Crippen LogP contribution >= 0.6 is 0 Å². The number of hydrogen-bond acceptors (Lipinski definition) is 0. The molecule has 11 heteroatoms. The quantitative estimate of drug-likeness (QED) is 0.121. The number of rotatable bonds is 10. The van der Waals surface area contributed by atoms with E-state index in [2.05, 4.69) is 205 Å². The van der Waals surface area contributed by atoms with Crippen LogP contribution in [0.2, 0.25) is 118 Å². The van der Waals surface area contributed by atoms with Gasteiger partial charge in [0.2, 0.25) is 0 Å². The average Bonchev–Trinajstić information content (AvgIpc) is 3.20. The van der Waals surface area contributed by atoms with E-state index in [1.807, 2.05) is 0 Å². The fourth-order valence-corrected chi connectivity index (χ4v) is 36.3. The first kappa shape index (κ1) is 62.1. The Bertz CT molecular complexity index is 2060. The van der Waals surface area contributed by atoms with E-state index < -0.39 is 56.5 Å². The summed E-state index contributed by atoms with van der Waals surface area (Å²) in [4.78, 5) is 0. The van der Waals surface area contributed by atoms with Crippen LogP contribution in [0.15, 0.2) is 18.2 Å². The Hall–Kier alpha value is 0.112. The van der Waals surface area contributed by atoms with Gasteiger partial charge in [0.25, 0.3) is 0 Å². The van der Waals surface area contributed by atoms with Gasteiger partial charge in [-0.15, -0.1) is 5.19 Å². The summed E-state index contributed by atoms with van der Waals surface area (Å²) >= 11 is 0. The zero-order valence-corrected chi connectivity index (χ0v) is 55.7. The molecule has 0 atom stereocenters. The summed E-state index contributed by atoms with van der Waals surface area (Å²) in [5, 5.41) is 17.5. The fraction of sp³-hybridized carbons (Fsp3) is 0.549. The van der Waals surface area contributed by atoms with E-state index in [0.29, 0.717) is 0 Å². The second kappa shape index (κ2) is 20.0. The minimum absolute atomic E-state index is 0. The summed E-state index contributed by atoms with van der Waals surface area (Å²) in [5.74, 6) is 0. The Morgan fingerprint density at radius 2 is 0.484 bits per heavy atom. The number of halogens is 3. The van der Waals surface area contributed by atoms with Gasteiger partial charge in [-0.2, -0.15) is 22.3 Å². The maximum atomic E-state index is 2.76. The van der Waals surface area contributed by atoms with Crippen molar-refractivity contribution in [1.29, 1.82) is 0 Å². The summed E-state index contributed by atoms with van der Waals surface area (Å²) in [7, 11) is -14.2. The molecule has 0 spiro atoms. The van der Waals surface area contributed by atoms with Gasteiger partial charge in [-0.05, 0) is 41.5 Å². The Morgan fingerprint density at radius 3 is 0.645 bits per heavy atom. The first-order valence-corrected chi connectivity index (χ1v) is 45.5. The molecular weight excluding hydrogens is 963 g/mol. The SMILES string of the molecule is Cc1cc([Si](C)(C)C)c(C)c([Si](C)(C)C)c1[Si](c1c(C)cc([Si](C)(C)C)c(C)c1[Si](C)(C)C)(c1c(C)cc([Si](C)(C)C)c(C)c1[Si](C)(C)C)[c-]1c(C)c(C)c(C)c1C.[Cl-].[Cl-].[Cl-].[Ti+4]. The van der Waals surface area contributed by atoms with E-state index in [4.69, 9.17) is 0 Å². The van der Waals surface area contributed by atoms with E-state index in [0.717, 1.165) is 0 Å². The molecule has 0 aliphatic heterocycles. The molecule has 0 fully saturated rings. The largest absolute Gasteiger partial charge is 4.00 e. The van der Waals surface area contributed by atoms with Crippen molar-refractivity contribution in [3.63, 3.8) is 0 Å². The fourth-order valence-electron chi connectivity index (χ4n) is 11.9. The van der Waals surface area contributed by atoms with Gasteiger partial charge in [0.15, 0.2) is 0 Å².